The Balaban J connectivity index is 1.81. The number of carboxylic acids is 1. The summed E-state index contributed by atoms with van der Waals surface area (Å²) in [4.78, 5) is 27.6. The smallest absolute Gasteiger partial charge is 0.329 e. The van der Waals surface area contributed by atoms with Gasteiger partial charge in [0.05, 0.1) is 5.01 Å². The molecule has 0 radical (unpaired) electrons. The number of carboxylic acid groups (broad SMARTS) is 1. The molecular formula is C13H19N3O4S. The quantitative estimate of drug-likeness (QED) is 0.751. The predicted octanol–water partition coefficient (Wildman–Crippen LogP) is 0.927. The first kappa shape index (κ1) is 15.7. The van der Waals surface area contributed by atoms with E-state index in [4.69, 9.17) is 4.74 Å². The number of thiazole rings is 1. The summed E-state index contributed by atoms with van der Waals surface area (Å²) < 4.78 is 5.16. The zero-order valence-electron chi connectivity index (χ0n) is 11.8. The lowest BCUT2D eigenvalue weighted by atomic mass is 9.90. The monoisotopic (exact) mass is 313 g/mol. The summed E-state index contributed by atoms with van der Waals surface area (Å²) in [7, 11) is 0. The summed E-state index contributed by atoms with van der Waals surface area (Å²) >= 11 is 1.55. The number of aromatic nitrogens is 1. The Morgan fingerprint density at radius 3 is 2.76 bits per heavy atom. The van der Waals surface area contributed by atoms with Crippen LogP contribution in [-0.2, 0) is 16.0 Å². The van der Waals surface area contributed by atoms with Crippen LogP contribution in [0.4, 0.5) is 4.79 Å². The van der Waals surface area contributed by atoms with Gasteiger partial charge in [0.2, 0.25) is 0 Å². The van der Waals surface area contributed by atoms with Gasteiger partial charge in [0.15, 0.2) is 0 Å². The zero-order chi connectivity index (χ0) is 15.3. The highest BCUT2D eigenvalue weighted by atomic mass is 32.1. The number of nitrogens with one attached hydrogen (secondary N) is 2. The van der Waals surface area contributed by atoms with E-state index in [2.05, 4.69) is 15.6 Å². The molecule has 1 fully saturated rings. The Morgan fingerprint density at radius 2 is 2.19 bits per heavy atom. The number of rotatable bonds is 5. The molecule has 3 N–H and O–H groups in total. The summed E-state index contributed by atoms with van der Waals surface area (Å²) in [6.45, 7) is 3.02. The number of hydrogen-bond donors (Lipinski definition) is 3. The molecule has 21 heavy (non-hydrogen) atoms. The SMILES string of the molecule is Cc1csc(CCNC(=O)NC2(C(=O)O)CCOCC2)n1. The van der Waals surface area contributed by atoms with Gasteiger partial charge in [-0.2, -0.15) is 0 Å². The van der Waals surface area contributed by atoms with Crippen molar-refractivity contribution < 1.29 is 19.4 Å². The number of hydrogen-bond acceptors (Lipinski definition) is 5. The molecule has 0 aromatic carbocycles. The summed E-state index contributed by atoms with van der Waals surface area (Å²) in [5.41, 5.74) is -0.258. The minimum atomic E-state index is -1.22. The van der Waals surface area contributed by atoms with Crippen molar-refractivity contribution in [2.24, 2.45) is 0 Å². The maximum atomic E-state index is 11.9. The molecule has 1 aliphatic heterocycles. The van der Waals surface area contributed by atoms with E-state index in [9.17, 15) is 14.7 Å². The summed E-state index contributed by atoms with van der Waals surface area (Å²) in [5.74, 6) is -1.02. The Bertz CT molecular complexity index is 511. The van der Waals surface area contributed by atoms with E-state index >= 15 is 0 Å². The Labute approximate surface area is 126 Å². The molecule has 1 saturated heterocycles. The van der Waals surface area contributed by atoms with Crippen LogP contribution in [0.5, 0.6) is 0 Å². The molecule has 0 atom stereocenters. The van der Waals surface area contributed by atoms with Crippen LogP contribution in [0.15, 0.2) is 5.38 Å². The lowest BCUT2D eigenvalue weighted by Crippen LogP contribution is -2.59. The van der Waals surface area contributed by atoms with Gasteiger partial charge in [-0.3, -0.25) is 0 Å². The molecule has 0 bridgehead atoms. The number of amides is 2. The number of nitrogens with zero attached hydrogens (tertiary/aromatic N) is 1. The van der Waals surface area contributed by atoms with Crippen molar-refractivity contribution in [3.05, 3.63) is 16.1 Å². The molecule has 0 saturated carbocycles. The van der Waals surface area contributed by atoms with Crippen molar-refractivity contribution in [1.29, 1.82) is 0 Å². The molecule has 116 valence electrons. The van der Waals surface area contributed by atoms with Gasteiger partial charge in [0.25, 0.3) is 0 Å². The summed E-state index contributed by atoms with van der Waals surface area (Å²) in [6, 6.07) is -0.465. The fourth-order valence-electron chi connectivity index (χ4n) is 2.17. The van der Waals surface area contributed by atoms with Crippen LogP contribution in [0.2, 0.25) is 0 Å². The van der Waals surface area contributed by atoms with E-state index in [1.807, 2.05) is 12.3 Å². The van der Waals surface area contributed by atoms with Crippen LogP contribution in [0, 0.1) is 6.92 Å². The molecule has 2 rings (SSSR count). The fourth-order valence-corrected chi connectivity index (χ4v) is 2.95. The Hall–Kier alpha value is -1.67. The molecular weight excluding hydrogens is 294 g/mol. The normalized spacial score (nSPS) is 17.2. The maximum Gasteiger partial charge on any atom is 0.329 e. The third-order valence-electron chi connectivity index (χ3n) is 3.40. The second kappa shape index (κ2) is 6.86. The highest BCUT2D eigenvalue weighted by molar-refractivity contribution is 7.09. The number of carbonyl (C=O) groups is 2. The van der Waals surface area contributed by atoms with Crippen LogP contribution in [0.3, 0.4) is 0 Å². The highest BCUT2D eigenvalue weighted by Gasteiger charge is 2.41. The Kier molecular flexibility index (Phi) is 5.13. The largest absolute Gasteiger partial charge is 0.480 e. The van der Waals surface area contributed by atoms with E-state index < -0.39 is 17.5 Å². The third kappa shape index (κ3) is 4.15. The van der Waals surface area contributed by atoms with E-state index in [1.54, 1.807) is 11.3 Å². The Morgan fingerprint density at radius 1 is 1.48 bits per heavy atom. The van der Waals surface area contributed by atoms with Gasteiger partial charge in [0, 0.05) is 50.1 Å². The van der Waals surface area contributed by atoms with Gasteiger partial charge < -0.3 is 20.5 Å². The van der Waals surface area contributed by atoms with Gasteiger partial charge in [-0.1, -0.05) is 0 Å². The molecule has 2 amide bonds. The van der Waals surface area contributed by atoms with E-state index in [0.29, 0.717) is 26.2 Å². The molecule has 1 aromatic rings. The highest BCUT2D eigenvalue weighted by Crippen LogP contribution is 2.20. The van der Waals surface area contributed by atoms with Crippen LogP contribution < -0.4 is 10.6 Å². The maximum absolute atomic E-state index is 11.9. The fraction of sp³-hybridized carbons (Fsp3) is 0.615. The second-order valence-electron chi connectivity index (χ2n) is 5.01. The molecule has 7 nitrogen and oxygen atoms in total. The molecule has 2 heterocycles. The number of ether oxygens (including phenoxy) is 1. The van der Waals surface area contributed by atoms with Gasteiger partial charge in [-0.15, -0.1) is 11.3 Å². The minimum absolute atomic E-state index is 0.279. The lowest BCUT2D eigenvalue weighted by molar-refractivity contribution is -0.148. The lowest BCUT2D eigenvalue weighted by Gasteiger charge is -2.33. The van der Waals surface area contributed by atoms with Crippen molar-refractivity contribution in [2.75, 3.05) is 19.8 Å². The van der Waals surface area contributed by atoms with Gasteiger partial charge >= 0.3 is 12.0 Å². The topological polar surface area (TPSA) is 101 Å². The molecule has 0 aliphatic carbocycles. The minimum Gasteiger partial charge on any atom is -0.480 e. The van der Waals surface area contributed by atoms with Crippen LogP contribution >= 0.6 is 11.3 Å². The zero-order valence-corrected chi connectivity index (χ0v) is 12.7. The number of urea groups is 1. The summed E-state index contributed by atoms with van der Waals surface area (Å²) in [5, 5.41) is 17.5. The molecule has 0 spiro atoms. The van der Waals surface area contributed by atoms with Crippen molar-refractivity contribution in [3.63, 3.8) is 0 Å². The van der Waals surface area contributed by atoms with Crippen LogP contribution in [0.1, 0.15) is 23.5 Å². The first-order valence-electron chi connectivity index (χ1n) is 6.80. The number of carbonyl (C=O) groups excluding carboxylic acids is 1. The number of aliphatic carboxylic acids is 1. The van der Waals surface area contributed by atoms with E-state index in [-0.39, 0.29) is 12.8 Å². The van der Waals surface area contributed by atoms with Crippen LogP contribution in [0.25, 0.3) is 0 Å². The molecule has 1 aliphatic rings. The van der Waals surface area contributed by atoms with Gasteiger partial charge in [-0.25, -0.2) is 14.6 Å². The number of aryl methyl sites for hydroxylation is 1. The van der Waals surface area contributed by atoms with Crippen molar-refractivity contribution in [2.45, 2.75) is 31.7 Å². The average molecular weight is 313 g/mol. The first-order chi connectivity index (χ1) is 10.0. The molecule has 8 heteroatoms. The van der Waals surface area contributed by atoms with Crippen LogP contribution in [-0.4, -0.2) is 47.4 Å². The molecule has 0 unspecified atom stereocenters. The van der Waals surface area contributed by atoms with E-state index in [1.165, 1.54) is 0 Å². The van der Waals surface area contributed by atoms with Gasteiger partial charge in [0.1, 0.15) is 5.54 Å². The third-order valence-corrected chi connectivity index (χ3v) is 4.43. The predicted molar refractivity (Wildman–Crippen MR) is 77.5 cm³/mol. The van der Waals surface area contributed by atoms with Crippen molar-refractivity contribution in [3.8, 4) is 0 Å². The standard InChI is InChI=1S/C13H19N3O4S/c1-9-8-21-10(15-9)2-5-14-12(19)16-13(11(17)18)3-6-20-7-4-13/h8H,2-7H2,1H3,(H,17,18)(H2,14,16,19). The summed E-state index contributed by atoms with van der Waals surface area (Å²) in [6.07, 6.45) is 1.19. The average Bonchev–Trinajstić information content (AvgIpc) is 2.85. The molecule has 1 aromatic heterocycles. The van der Waals surface area contributed by atoms with Gasteiger partial charge in [-0.05, 0) is 6.92 Å². The first-order valence-corrected chi connectivity index (χ1v) is 7.68. The second-order valence-corrected chi connectivity index (χ2v) is 5.96. The van der Waals surface area contributed by atoms with Crippen molar-refractivity contribution >= 4 is 23.3 Å². The van der Waals surface area contributed by atoms with Crippen molar-refractivity contribution in [1.82, 2.24) is 15.6 Å². The van der Waals surface area contributed by atoms with E-state index in [0.717, 1.165) is 10.7 Å².